The second-order valence-electron chi connectivity index (χ2n) is 3.93. The van der Waals surface area contributed by atoms with Gasteiger partial charge in [0.05, 0.1) is 10.7 Å². The van der Waals surface area contributed by atoms with Crippen LogP contribution in [0, 0.1) is 6.92 Å². The first kappa shape index (κ1) is 12.2. The van der Waals surface area contributed by atoms with Gasteiger partial charge in [-0.25, -0.2) is 0 Å². The molecule has 2 rings (SSSR count). The summed E-state index contributed by atoms with van der Waals surface area (Å²) in [6.45, 7) is 5.55. The molecule has 17 heavy (non-hydrogen) atoms. The van der Waals surface area contributed by atoms with Crippen molar-refractivity contribution < 1.29 is 4.74 Å². The van der Waals surface area contributed by atoms with Crippen LogP contribution in [0.5, 0.6) is 5.75 Å². The SMILES string of the molecule is CCn1cc(COc2ccc(C)cc2Br)cn1. The Kier molecular flexibility index (Phi) is 3.84. The largest absolute Gasteiger partial charge is 0.488 e. The number of benzene rings is 1. The van der Waals surface area contributed by atoms with Crippen LogP contribution in [0.1, 0.15) is 18.1 Å². The van der Waals surface area contributed by atoms with E-state index in [1.807, 2.05) is 35.3 Å². The molecule has 0 saturated heterocycles. The van der Waals surface area contributed by atoms with Crippen LogP contribution in [0.2, 0.25) is 0 Å². The summed E-state index contributed by atoms with van der Waals surface area (Å²) in [5, 5.41) is 4.21. The Morgan fingerprint density at radius 1 is 1.41 bits per heavy atom. The second kappa shape index (κ2) is 5.36. The molecule has 1 aromatic heterocycles. The lowest BCUT2D eigenvalue weighted by Gasteiger charge is -2.07. The van der Waals surface area contributed by atoms with Crippen LogP contribution in [-0.4, -0.2) is 9.78 Å². The van der Waals surface area contributed by atoms with Gasteiger partial charge in [0.1, 0.15) is 12.4 Å². The Bertz CT molecular complexity index is 508. The van der Waals surface area contributed by atoms with Crippen molar-refractivity contribution in [2.45, 2.75) is 27.0 Å². The molecule has 0 atom stereocenters. The molecule has 0 N–H and O–H groups in total. The lowest BCUT2D eigenvalue weighted by molar-refractivity contribution is 0.304. The third-order valence-corrected chi connectivity index (χ3v) is 3.11. The highest BCUT2D eigenvalue weighted by Gasteiger charge is 2.03. The molecular formula is C13H15BrN2O. The maximum Gasteiger partial charge on any atom is 0.134 e. The smallest absolute Gasteiger partial charge is 0.134 e. The van der Waals surface area contributed by atoms with Crippen LogP contribution in [0.25, 0.3) is 0 Å². The minimum absolute atomic E-state index is 0.543. The summed E-state index contributed by atoms with van der Waals surface area (Å²) in [4.78, 5) is 0. The van der Waals surface area contributed by atoms with Crippen LogP contribution in [0.15, 0.2) is 35.1 Å². The highest BCUT2D eigenvalue weighted by atomic mass is 79.9. The van der Waals surface area contributed by atoms with Crippen molar-refractivity contribution >= 4 is 15.9 Å². The number of halogens is 1. The molecule has 0 amide bonds. The number of ether oxygens (including phenoxy) is 1. The molecule has 0 aliphatic heterocycles. The van der Waals surface area contributed by atoms with Gasteiger partial charge in [-0.1, -0.05) is 6.07 Å². The average molecular weight is 295 g/mol. The normalized spacial score (nSPS) is 10.5. The third-order valence-electron chi connectivity index (χ3n) is 2.49. The van der Waals surface area contributed by atoms with Crippen molar-refractivity contribution in [3.05, 3.63) is 46.2 Å². The molecule has 0 radical (unpaired) electrons. The predicted molar refractivity (Wildman–Crippen MR) is 71.1 cm³/mol. The first-order chi connectivity index (χ1) is 8.19. The molecule has 0 aliphatic carbocycles. The lowest BCUT2D eigenvalue weighted by atomic mass is 10.2. The van der Waals surface area contributed by atoms with Crippen molar-refractivity contribution in [2.75, 3.05) is 0 Å². The van der Waals surface area contributed by atoms with E-state index in [1.165, 1.54) is 5.56 Å². The molecule has 3 nitrogen and oxygen atoms in total. The number of aromatic nitrogens is 2. The Hall–Kier alpha value is -1.29. The van der Waals surface area contributed by atoms with Crippen molar-refractivity contribution in [3.8, 4) is 5.75 Å². The van der Waals surface area contributed by atoms with Crippen molar-refractivity contribution in [1.29, 1.82) is 0 Å². The summed E-state index contributed by atoms with van der Waals surface area (Å²) < 4.78 is 8.61. The van der Waals surface area contributed by atoms with Gasteiger partial charge in [0.15, 0.2) is 0 Å². The molecule has 2 aromatic rings. The van der Waals surface area contributed by atoms with E-state index >= 15 is 0 Å². The fourth-order valence-electron chi connectivity index (χ4n) is 1.54. The maximum atomic E-state index is 5.74. The number of aryl methyl sites for hydroxylation is 2. The Morgan fingerprint density at radius 2 is 2.24 bits per heavy atom. The van der Waals surface area contributed by atoms with Crippen LogP contribution >= 0.6 is 15.9 Å². The molecule has 90 valence electrons. The van der Waals surface area contributed by atoms with Gasteiger partial charge in [0.25, 0.3) is 0 Å². The van der Waals surface area contributed by atoms with E-state index in [1.54, 1.807) is 0 Å². The summed E-state index contributed by atoms with van der Waals surface area (Å²) in [5.74, 6) is 0.861. The summed E-state index contributed by atoms with van der Waals surface area (Å²) in [6.07, 6.45) is 3.84. The quantitative estimate of drug-likeness (QED) is 0.862. The average Bonchev–Trinajstić information content (AvgIpc) is 2.76. The van der Waals surface area contributed by atoms with Gasteiger partial charge < -0.3 is 4.74 Å². The predicted octanol–water partition coefficient (Wildman–Crippen LogP) is 3.55. The van der Waals surface area contributed by atoms with E-state index < -0.39 is 0 Å². The molecule has 0 spiro atoms. The van der Waals surface area contributed by atoms with Gasteiger partial charge in [-0.3, -0.25) is 4.68 Å². The molecule has 0 unspecified atom stereocenters. The van der Waals surface area contributed by atoms with Gasteiger partial charge in [0.2, 0.25) is 0 Å². The number of hydrogen-bond donors (Lipinski definition) is 0. The van der Waals surface area contributed by atoms with Crippen molar-refractivity contribution in [2.24, 2.45) is 0 Å². The van der Waals surface area contributed by atoms with Crippen LogP contribution < -0.4 is 4.74 Å². The van der Waals surface area contributed by atoms with Gasteiger partial charge >= 0.3 is 0 Å². The van der Waals surface area contributed by atoms with E-state index in [0.717, 1.165) is 22.3 Å². The standard InChI is InChI=1S/C13H15BrN2O/c1-3-16-8-11(7-15-16)9-17-13-5-4-10(2)6-12(13)14/h4-8H,3,9H2,1-2H3. The van der Waals surface area contributed by atoms with Gasteiger partial charge in [0, 0.05) is 18.3 Å². The molecule has 0 saturated carbocycles. The topological polar surface area (TPSA) is 27.1 Å². The Balaban J connectivity index is 2.02. The molecule has 0 bridgehead atoms. The van der Waals surface area contributed by atoms with Crippen molar-refractivity contribution in [3.63, 3.8) is 0 Å². The summed E-state index contributed by atoms with van der Waals surface area (Å²) in [6, 6.07) is 6.06. The molecule has 0 fully saturated rings. The fraction of sp³-hybridized carbons (Fsp3) is 0.308. The fourth-order valence-corrected chi connectivity index (χ4v) is 2.15. The number of rotatable bonds is 4. The van der Waals surface area contributed by atoms with Gasteiger partial charge in [-0.05, 0) is 47.5 Å². The van der Waals surface area contributed by atoms with Crippen molar-refractivity contribution in [1.82, 2.24) is 9.78 Å². The lowest BCUT2D eigenvalue weighted by Crippen LogP contribution is -1.96. The van der Waals surface area contributed by atoms with Crippen LogP contribution in [0.4, 0.5) is 0 Å². The minimum atomic E-state index is 0.543. The molecule has 1 heterocycles. The van der Waals surface area contributed by atoms with E-state index in [2.05, 4.69) is 34.9 Å². The first-order valence-electron chi connectivity index (χ1n) is 5.59. The first-order valence-corrected chi connectivity index (χ1v) is 6.38. The highest BCUT2D eigenvalue weighted by molar-refractivity contribution is 9.10. The van der Waals surface area contributed by atoms with Gasteiger partial charge in [-0.15, -0.1) is 0 Å². The van der Waals surface area contributed by atoms with Crippen LogP contribution in [-0.2, 0) is 13.2 Å². The second-order valence-corrected chi connectivity index (χ2v) is 4.78. The summed E-state index contributed by atoms with van der Waals surface area (Å²) in [5.41, 5.74) is 2.29. The number of nitrogens with zero attached hydrogens (tertiary/aromatic N) is 2. The van der Waals surface area contributed by atoms with Gasteiger partial charge in [-0.2, -0.15) is 5.10 Å². The third kappa shape index (κ3) is 3.09. The zero-order valence-corrected chi connectivity index (χ0v) is 11.6. The monoisotopic (exact) mass is 294 g/mol. The van der Waals surface area contributed by atoms with E-state index in [-0.39, 0.29) is 0 Å². The summed E-state index contributed by atoms with van der Waals surface area (Å²) in [7, 11) is 0. The zero-order chi connectivity index (χ0) is 12.3. The Morgan fingerprint density at radius 3 is 2.88 bits per heavy atom. The highest BCUT2D eigenvalue weighted by Crippen LogP contribution is 2.26. The maximum absolute atomic E-state index is 5.74. The minimum Gasteiger partial charge on any atom is -0.488 e. The summed E-state index contributed by atoms with van der Waals surface area (Å²) >= 11 is 3.49. The zero-order valence-electron chi connectivity index (χ0n) is 9.98. The molecular weight excluding hydrogens is 280 g/mol. The van der Waals surface area contributed by atoms with E-state index in [4.69, 9.17) is 4.74 Å². The Labute approximate surface area is 110 Å². The molecule has 4 heteroatoms. The van der Waals surface area contributed by atoms with E-state index in [9.17, 15) is 0 Å². The molecule has 1 aromatic carbocycles. The van der Waals surface area contributed by atoms with E-state index in [0.29, 0.717) is 6.61 Å². The number of hydrogen-bond acceptors (Lipinski definition) is 2. The molecule has 0 aliphatic rings. The van der Waals surface area contributed by atoms with Crippen LogP contribution in [0.3, 0.4) is 0 Å².